The van der Waals surface area contributed by atoms with Gasteiger partial charge < -0.3 is 48.9 Å². The van der Waals surface area contributed by atoms with Crippen LogP contribution in [-0.4, -0.2) is 96.2 Å². The molecule has 0 aliphatic carbocycles. The van der Waals surface area contributed by atoms with E-state index < -0.39 is 0 Å². The molecule has 2 fully saturated rings. The van der Waals surface area contributed by atoms with Gasteiger partial charge in [0.15, 0.2) is 0 Å². The summed E-state index contributed by atoms with van der Waals surface area (Å²) in [5, 5.41) is 3.59. The molecular weight excluding hydrogens is 953 g/mol. The molecule has 0 saturated carbocycles. The minimum atomic E-state index is 0.128. The minimum absolute atomic E-state index is 0.128. The average molecular weight is 1010 g/mol. The molecule has 3 N–H and O–H groups in total. The molecule has 0 amide bonds. The van der Waals surface area contributed by atoms with Crippen molar-refractivity contribution in [2.75, 3.05) is 65.7 Å². The highest BCUT2D eigenvalue weighted by atomic mass is 16.5. The monoisotopic (exact) mass is 1010 g/mol. The lowest BCUT2D eigenvalue weighted by Crippen LogP contribution is -2.26. The van der Waals surface area contributed by atoms with E-state index in [1.807, 2.05) is 60.7 Å². The predicted molar refractivity (Wildman–Crippen MR) is 286 cm³/mol. The SMILES string of the molecule is COc1ccc(Oc2ncc(N)c(Oc3ccc(OC)cc3)n2)cc1.COc1ccc(Oc2ncc(NC3CCN(Cc4ccccc4)C3)c(Oc3ccc(OC)cc3)n2)cc1.O=C1CCN(Cc2ccccc2)C1. The van der Waals surface area contributed by atoms with E-state index >= 15 is 0 Å². The Labute approximate surface area is 436 Å². The van der Waals surface area contributed by atoms with Crippen LogP contribution in [0.3, 0.4) is 0 Å². The molecular formula is C58H60N8O9. The molecule has 8 aromatic rings. The number of hydrogen-bond acceptors (Lipinski definition) is 17. The smallest absolute Gasteiger partial charge is 0.325 e. The molecule has 6 aromatic carbocycles. The van der Waals surface area contributed by atoms with Crippen molar-refractivity contribution in [3.8, 4) is 69.8 Å². The van der Waals surface area contributed by atoms with Crippen LogP contribution in [0.4, 0.5) is 11.4 Å². The lowest BCUT2D eigenvalue weighted by molar-refractivity contribution is -0.116. The Morgan fingerprint density at radius 2 is 0.920 bits per heavy atom. The van der Waals surface area contributed by atoms with Gasteiger partial charge in [-0.1, -0.05) is 60.7 Å². The van der Waals surface area contributed by atoms with Crippen LogP contribution < -0.4 is 48.9 Å². The molecule has 0 radical (unpaired) electrons. The van der Waals surface area contributed by atoms with Gasteiger partial charge >= 0.3 is 12.0 Å². The summed E-state index contributed by atoms with van der Waals surface area (Å²) in [4.78, 5) is 32.9. The summed E-state index contributed by atoms with van der Waals surface area (Å²) >= 11 is 0. The van der Waals surface area contributed by atoms with Gasteiger partial charge in [-0.25, -0.2) is 9.97 Å². The molecule has 2 aliphatic heterocycles. The lowest BCUT2D eigenvalue weighted by Gasteiger charge is -2.19. The summed E-state index contributed by atoms with van der Waals surface area (Å²) in [6.45, 7) is 5.33. The maximum absolute atomic E-state index is 11.0. The van der Waals surface area contributed by atoms with E-state index in [2.05, 4.69) is 71.5 Å². The molecule has 0 bridgehead atoms. The lowest BCUT2D eigenvalue weighted by atomic mass is 10.2. The van der Waals surface area contributed by atoms with E-state index in [1.165, 1.54) is 17.3 Å². The summed E-state index contributed by atoms with van der Waals surface area (Å²) in [5.74, 6) is 6.31. The Bertz CT molecular complexity index is 3010. The van der Waals surface area contributed by atoms with Crippen molar-refractivity contribution in [1.29, 1.82) is 0 Å². The highest BCUT2D eigenvalue weighted by molar-refractivity contribution is 5.82. The van der Waals surface area contributed by atoms with Gasteiger partial charge in [0.2, 0.25) is 11.8 Å². The number of likely N-dealkylation sites (tertiary alicyclic amines) is 2. The first-order valence-electron chi connectivity index (χ1n) is 24.3. The first-order chi connectivity index (χ1) is 36.7. The minimum Gasteiger partial charge on any atom is -0.497 e. The number of aromatic nitrogens is 4. The predicted octanol–water partition coefficient (Wildman–Crippen LogP) is 10.9. The van der Waals surface area contributed by atoms with Crippen molar-refractivity contribution in [3.63, 3.8) is 0 Å². The van der Waals surface area contributed by atoms with Gasteiger partial charge in [-0.05, 0) is 115 Å². The number of nitrogens with one attached hydrogen (secondary N) is 1. The molecule has 2 aliphatic rings. The summed E-state index contributed by atoms with van der Waals surface area (Å²) in [6, 6.07) is 50.1. The van der Waals surface area contributed by atoms with Crippen LogP contribution in [0.1, 0.15) is 24.0 Å². The van der Waals surface area contributed by atoms with E-state index in [0.29, 0.717) is 52.6 Å². The summed E-state index contributed by atoms with van der Waals surface area (Å²) in [7, 11) is 6.45. The summed E-state index contributed by atoms with van der Waals surface area (Å²) in [6.07, 6.45) is 4.89. The van der Waals surface area contributed by atoms with E-state index in [0.717, 1.165) is 68.6 Å². The fourth-order valence-electron chi connectivity index (χ4n) is 7.90. The molecule has 17 nitrogen and oxygen atoms in total. The zero-order chi connectivity index (χ0) is 52.2. The molecule has 0 spiro atoms. The molecule has 17 heteroatoms. The zero-order valence-corrected chi connectivity index (χ0v) is 42.3. The molecule has 2 saturated heterocycles. The number of rotatable bonds is 18. The number of anilines is 2. The standard InChI is InChI=1S/C29H30N4O4.C18H17N3O4.C11H13NO/c1-34-23-8-12-25(13-9-23)36-28-27(18-30-29(32-28)37-26-14-10-24(35-2)11-15-26)31-22-16-17-33(20-22)19-21-6-4-3-5-7-21;1-22-12-3-7-14(8-4-12)24-17-16(19)11-20-18(21-17)25-15-9-5-13(23-2)6-10-15;13-11-6-7-12(9-11)8-10-4-2-1-3-5-10/h3-15,18,22,31H,16-17,19-20H2,1-2H3;3-11H,19H2,1-2H3;1-5H,6-9H2. The second-order valence-corrected chi connectivity index (χ2v) is 17.2. The number of nitrogens with two attached hydrogens (primary N) is 1. The number of carbonyl (C=O) groups excluding carboxylic acids is 1. The Morgan fingerprint density at radius 3 is 1.37 bits per heavy atom. The Balaban J connectivity index is 0.000000168. The third kappa shape index (κ3) is 16.0. The largest absolute Gasteiger partial charge is 0.497 e. The van der Waals surface area contributed by atoms with Crippen molar-refractivity contribution in [3.05, 3.63) is 181 Å². The van der Waals surface area contributed by atoms with Gasteiger partial charge in [0.25, 0.3) is 0 Å². The van der Waals surface area contributed by atoms with Crippen molar-refractivity contribution < 1.29 is 42.7 Å². The number of methoxy groups -OCH3 is 4. The van der Waals surface area contributed by atoms with Crippen molar-refractivity contribution in [1.82, 2.24) is 29.7 Å². The van der Waals surface area contributed by atoms with Crippen LogP contribution in [0.2, 0.25) is 0 Å². The molecule has 2 aromatic heterocycles. The van der Waals surface area contributed by atoms with Gasteiger partial charge in [-0.2, -0.15) is 9.97 Å². The number of ether oxygens (including phenoxy) is 8. The van der Waals surface area contributed by atoms with E-state index in [4.69, 9.17) is 43.6 Å². The number of nitrogen functional groups attached to an aromatic ring is 1. The van der Waals surface area contributed by atoms with Crippen LogP contribution >= 0.6 is 0 Å². The van der Waals surface area contributed by atoms with Crippen molar-refractivity contribution >= 4 is 17.2 Å². The van der Waals surface area contributed by atoms with Crippen LogP contribution in [0.25, 0.3) is 0 Å². The summed E-state index contributed by atoms with van der Waals surface area (Å²) < 4.78 is 44.1. The van der Waals surface area contributed by atoms with Gasteiger partial charge in [-0.3, -0.25) is 14.6 Å². The number of carbonyl (C=O) groups is 1. The highest BCUT2D eigenvalue weighted by Crippen LogP contribution is 2.33. The van der Waals surface area contributed by atoms with Gasteiger partial charge in [-0.15, -0.1) is 0 Å². The number of nitrogens with zero attached hydrogens (tertiary/aromatic N) is 6. The zero-order valence-electron chi connectivity index (χ0n) is 42.3. The second-order valence-electron chi connectivity index (χ2n) is 17.2. The highest BCUT2D eigenvalue weighted by Gasteiger charge is 2.25. The molecule has 386 valence electrons. The molecule has 4 heterocycles. The molecule has 10 rings (SSSR count). The Morgan fingerprint density at radius 1 is 0.507 bits per heavy atom. The van der Waals surface area contributed by atoms with Crippen molar-refractivity contribution in [2.24, 2.45) is 0 Å². The molecule has 1 atom stereocenters. The van der Waals surface area contributed by atoms with Gasteiger partial charge in [0.1, 0.15) is 63.2 Å². The number of ketones is 1. The summed E-state index contributed by atoms with van der Waals surface area (Å²) in [5.41, 5.74) is 9.50. The maximum Gasteiger partial charge on any atom is 0.325 e. The first-order valence-corrected chi connectivity index (χ1v) is 24.3. The third-order valence-electron chi connectivity index (χ3n) is 11.8. The van der Waals surface area contributed by atoms with Crippen LogP contribution in [0, 0.1) is 0 Å². The van der Waals surface area contributed by atoms with E-state index in [1.54, 1.807) is 95.3 Å². The first kappa shape index (κ1) is 52.4. The number of hydrogen-bond donors (Lipinski definition) is 2. The topological polar surface area (TPSA) is 187 Å². The number of Topliss-reactive ketones (excluding diaryl/α,β-unsaturated/α-hetero) is 1. The van der Waals surface area contributed by atoms with Crippen LogP contribution in [0.5, 0.6) is 69.8 Å². The Kier molecular flexibility index (Phi) is 18.6. The molecule has 75 heavy (non-hydrogen) atoms. The normalized spacial score (nSPS) is 14.0. The average Bonchev–Trinajstić information content (AvgIpc) is 4.09. The van der Waals surface area contributed by atoms with Crippen molar-refractivity contribution in [2.45, 2.75) is 32.0 Å². The quantitative estimate of drug-likeness (QED) is 0.0825. The Hall–Kier alpha value is -8.93. The third-order valence-corrected chi connectivity index (χ3v) is 11.8. The number of benzene rings is 6. The van der Waals surface area contributed by atoms with Crippen LogP contribution in [-0.2, 0) is 17.9 Å². The molecule has 1 unspecified atom stereocenters. The fourth-order valence-corrected chi connectivity index (χ4v) is 7.90. The van der Waals surface area contributed by atoms with E-state index in [9.17, 15) is 4.79 Å². The van der Waals surface area contributed by atoms with Gasteiger partial charge in [0, 0.05) is 45.2 Å². The maximum atomic E-state index is 11.0. The van der Waals surface area contributed by atoms with E-state index in [-0.39, 0.29) is 23.9 Å². The second kappa shape index (κ2) is 26.7. The van der Waals surface area contributed by atoms with Crippen LogP contribution in [0.15, 0.2) is 170 Å². The fraction of sp³-hybridized carbons (Fsp3) is 0.224. The van der Waals surface area contributed by atoms with Gasteiger partial charge in [0.05, 0.1) is 47.4 Å².